The molecule has 0 saturated heterocycles. The van der Waals surface area contributed by atoms with Crippen molar-refractivity contribution in [2.24, 2.45) is 0 Å². The predicted octanol–water partition coefficient (Wildman–Crippen LogP) is 4.03. The zero-order valence-electron chi connectivity index (χ0n) is 11.7. The lowest BCUT2D eigenvalue weighted by molar-refractivity contribution is 0.305. The monoisotopic (exact) mass is 341 g/mol. The molecule has 1 unspecified atom stereocenters. The highest BCUT2D eigenvalue weighted by Crippen LogP contribution is 2.17. The second-order valence-corrected chi connectivity index (χ2v) is 7.51. The molecule has 1 aromatic carbocycles. The van der Waals surface area contributed by atoms with Crippen molar-refractivity contribution < 1.29 is 8.95 Å². The Morgan fingerprint density at radius 2 is 2.14 bits per heavy atom. The molecule has 0 saturated carbocycles. The molecule has 0 fully saturated rings. The largest absolute Gasteiger partial charge is 0.486 e. The number of ether oxygens (including phenoxy) is 1. The predicted molar refractivity (Wildman–Crippen MR) is 89.3 cm³/mol. The summed E-state index contributed by atoms with van der Waals surface area (Å²) in [4.78, 5) is 4.42. The van der Waals surface area contributed by atoms with E-state index in [-0.39, 0.29) is 0 Å². The molecule has 0 aliphatic rings. The first-order chi connectivity index (χ1) is 10.0. The Hall–Kier alpha value is -1.17. The highest BCUT2D eigenvalue weighted by Gasteiger charge is 2.08. The third kappa shape index (κ3) is 5.61. The molecule has 0 bridgehead atoms. The van der Waals surface area contributed by atoms with Gasteiger partial charge in [0.15, 0.2) is 0 Å². The van der Waals surface area contributed by atoms with Crippen molar-refractivity contribution in [1.82, 2.24) is 4.98 Å². The molecule has 6 heteroatoms. The van der Waals surface area contributed by atoms with Crippen molar-refractivity contribution in [3.8, 4) is 5.75 Å². The molecule has 0 radical (unpaired) electrons. The SMILES string of the molecule is C=C(Cl)CS(=O)Cc1csc(COc2ccc(C)cc2)n1. The molecule has 112 valence electrons. The molecule has 0 spiro atoms. The lowest BCUT2D eigenvalue weighted by atomic mass is 10.2. The fraction of sp³-hybridized carbons (Fsp3) is 0.267. The van der Waals surface area contributed by atoms with Crippen LogP contribution in [0.5, 0.6) is 5.75 Å². The van der Waals surface area contributed by atoms with Gasteiger partial charge in [-0.1, -0.05) is 35.9 Å². The van der Waals surface area contributed by atoms with Crippen molar-refractivity contribution in [3.63, 3.8) is 0 Å². The number of hydrogen-bond donors (Lipinski definition) is 0. The quantitative estimate of drug-likeness (QED) is 0.763. The summed E-state index contributed by atoms with van der Waals surface area (Å²) in [7, 11) is -1.06. The van der Waals surface area contributed by atoms with Gasteiger partial charge in [-0.05, 0) is 19.1 Å². The average molecular weight is 342 g/mol. The van der Waals surface area contributed by atoms with Crippen LogP contribution in [0.4, 0.5) is 0 Å². The summed E-state index contributed by atoms with van der Waals surface area (Å²) in [5, 5.41) is 3.18. The van der Waals surface area contributed by atoms with Crippen LogP contribution in [0.1, 0.15) is 16.3 Å². The molecule has 0 aliphatic heterocycles. The summed E-state index contributed by atoms with van der Waals surface area (Å²) >= 11 is 7.15. The Kier molecular flexibility index (Phi) is 5.96. The third-order valence-electron chi connectivity index (χ3n) is 2.61. The zero-order chi connectivity index (χ0) is 15.2. The first-order valence-corrected chi connectivity index (χ1v) is 9.08. The number of nitrogens with zero attached hydrogens (tertiary/aromatic N) is 1. The van der Waals surface area contributed by atoms with Gasteiger partial charge in [0.25, 0.3) is 0 Å². The lowest BCUT2D eigenvalue weighted by Gasteiger charge is -2.03. The molecule has 2 aromatic rings. The number of aromatic nitrogens is 1. The molecule has 1 atom stereocenters. The number of aryl methyl sites for hydroxylation is 1. The third-order valence-corrected chi connectivity index (χ3v) is 5.06. The van der Waals surface area contributed by atoms with E-state index in [0.717, 1.165) is 16.5 Å². The summed E-state index contributed by atoms with van der Waals surface area (Å²) < 4.78 is 17.4. The van der Waals surface area contributed by atoms with E-state index in [2.05, 4.69) is 11.6 Å². The molecule has 0 N–H and O–H groups in total. The molecule has 2 rings (SSSR count). The lowest BCUT2D eigenvalue weighted by Crippen LogP contribution is -2.01. The molecule has 1 aromatic heterocycles. The van der Waals surface area contributed by atoms with Gasteiger partial charge in [0.05, 0.1) is 17.2 Å². The van der Waals surface area contributed by atoms with Crippen LogP contribution in [0.2, 0.25) is 0 Å². The molecule has 21 heavy (non-hydrogen) atoms. The first kappa shape index (κ1) is 16.2. The Bertz CT molecular complexity index is 637. The van der Waals surface area contributed by atoms with Gasteiger partial charge < -0.3 is 4.74 Å². The topological polar surface area (TPSA) is 39.2 Å². The van der Waals surface area contributed by atoms with Crippen LogP contribution < -0.4 is 4.74 Å². The van der Waals surface area contributed by atoms with Gasteiger partial charge in [0.1, 0.15) is 17.4 Å². The Morgan fingerprint density at radius 3 is 2.81 bits per heavy atom. The van der Waals surface area contributed by atoms with Crippen LogP contribution in [0, 0.1) is 6.92 Å². The zero-order valence-corrected chi connectivity index (χ0v) is 14.1. The van der Waals surface area contributed by atoms with E-state index < -0.39 is 10.8 Å². The maximum Gasteiger partial charge on any atom is 0.140 e. The van der Waals surface area contributed by atoms with Gasteiger partial charge >= 0.3 is 0 Å². The normalized spacial score (nSPS) is 12.1. The highest BCUT2D eigenvalue weighted by atomic mass is 35.5. The Balaban J connectivity index is 1.86. The fourth-order valence-electron chi connectivity index (χ4n) is 1.65. The van der Waals surface area contributed by atoms with Crippen molar-refractivity contribution >= 4 is 33.7 Å². The van der Waals surface area contributed by atoms with Crippen molar-refractivity contribution in [2.45, 2.75) is 19.3 Å². The van der Waals surface area contributed by atoms with Crippen LogP contribution in [0.25, 0.3) is 0 Å². The Morgan fingerprint density at radius 1 is 1.43 bits per heavy atom. The minimum atomic E-state index is -1.06. The van der Waals surface area contributed by atoms with Crippen molar-refractivity contribution in [1.29, 1.82) is 0 Å². The maximum atomic E-state index is 11.7. The van der Waals surface area contributed by atoms with Crippen LogP contribution >= 0.6 is 22.9 Å². The van der Waals surface area contributed by atoms with E-state index in [1.54, 1.807) is 0 Å². The van der Waals surface area contributed by atoms with E-state index >= 15 is 0 Å². The van der Waals surface area contributed by atoms with Gasteiger partial charge in [-0.2, -0.15) is 0 Å². The average Bonchev–Trinajstić information content (AvgIpc) is 2.84. The minimum absolute atomic E-state index is 0.300. The minimum Gasteiger partial charge on any atom is -0.486 e. The van der Waals surface area contributed by atoms with Crippen LogP contribution in [0.3, 0.4) is 0 Å². The fourth-order valence-corrected chi connectivity index (χ4v) is 3.76. The van der Waals surface area contributed by atoms with E-state index in [0.29, 0.717) is 23.1 Å². The number of halogens is 1. The van der Waals surface area contributed by atoms with Gasteiger partial charge in [0, 0.05) is 21.2 Å². The van der Waals surface area contributed by atoms with E-state index in [4.69, 9.17) is 16.3 Å². The number of rotatable bonds is 7. The second kappa shape index (κ2) is 7.73. The molecular weight excluding hydrogens is 326 g/mol. The number of benzene rings is 1. The van der Waals surface area contributed by atoms with E-state index in [1.807, 2.05) is 36.6 Å². The molecule has 3 nitrogen and oxygen atoms in total. The first-order valence-electron chi connectivity index (χ1n) is 6.34. The smallest absolute Gasteiger partial charge is 0.140 e. The second-order valence-electron chi connectivity index (χ2n) is 4.58. The van der Waals surface area contributed by atoms with E-state index in [1.165, 1.54) is 16.9 Å². The summed E-state index contributed by atoms with van der Waals surface area (Å²) in [6, 6.07) is 7.88. The Labute approximate surface area is 136 Å². The van der Waals surface area contributed by atoms with Gasteiger partial charge in [0.2, 0.25) is 0 Å². The number of thiazole rings is 1. The summed E-state index contributed by atoms with van der Waals surface area (Å²) in [6.45, 7) is 6.00. The van der Waals surface area contributed by atoms with E-state index in [9.17, 15) is 4.21 Å². The standard InChI is InChI=1S/C15H16ClNO2S2/c1-11-3-5-14(6-4-11)19-7-15-17-13(8-20-15)10-21(18)9-12(2)16/h3-6,8H,2,7,9-10H2,1H3. The van der Waals surface area contributed by atoms with Crippen molar-refractivity contribution in [3.05, 3.63) is 57.5 Å². The molecule has 0 amide bonds. The molecule has 1 heterocycles. The molecular formula is C15H16ClNO2S2. The van der Waals surface area contributed by atoms with Crippen LogP contribution in [-0.4, -0.2) is 14.9 Å². The summed E-state index contributed by atoms with van der Waals surface area (Å²) in [5.74, 6) is 1.51. The highest BCUT2D eigenvalue weighted by molar-refractivity contribution is 7.84. The van der Waals surface area contributed by atoms with Gasteiger partial charge in [-0.3, -0.25) is 4.21 Å². The van der Waals surface area contributed by atoms with Gasteiger partial charge in [-0.25, -0.2) is 4.98 Å². The molecule has 0 aliphatic carbocycles. The van der Waals surface area contributed by atoms with Gasteiger partial charge in [-0.15, -0.1) is 11.3 Å². The summed E-state index contributed by atoms with van der Waals surface area (Å²) in [5.41, 5.74) is 2.00. The van der Waals surface area contributed by atoms with Crippen molar-refractivity contribution in [2.75, 3.05) is 5.75 Å². The number of hydrogen-bond acceptors (Lipinski definition) is 4. The van der Waals surface area contributed by atoms with Crippen LogP contribution in [0.15, 0.2) is 41.3 Å². The van der Waals surface area contributed by atoms with Crippen LogP contribution in [-0.2, 0) is 23.2 Å². The maximum absolute atomic E-state index is 11.7. The summed E-state index contributed by atoms with van der Waals surface area (Å²) in [6.07, 6.45) is 0.